The molecule has 2 aromatic carbocycles. The topological polar surface area (TPSA) is 121 Å². The number of ether oxygens (including phenoxy) is 4. The molecule has 0 unspecified atom stereocenters. The number of hydrogen-bond donors (Lipinski definition) is 1. The molecule has 5 heterocycles. The van der Waals surface area contributed by atoms with Crippen molar-refractivity contribution in [2.75, 3.05) is 33.4 Å². The van der Waals surface area contributed by atoms with E-state index in [0.29, 0.717) is 58.9 Å². The molecule has 5 aromatic rings. The maximum absolute atomic E-state index is 12.1. The molecule has 11 nitrogen and oxygen atoms in total. The molecular formula is C34H34ClN5O6S. The summed E-state index contributed by atoms with van der Waals surface area (Å²) in [5.41, 5.74) is 5.08. The summed E-state index contributed by atoms with van der Waals surface area (Å²) in [4.78, 5) is 29.2. The van der Waals surface area contributed by atoms with Crippen molar-refractivity contribution >= 4 is 39.9 Å². The predicted octanol–water partition coefficient (Wildman–Crippen LogP) is 6.34. The minimum Gasteiger partial charge on any atom is -0.489 e. The number of halogens is 1. The lowest BCUT2D eigenvalue weighted by molar-refractivity contribution is -0.0722. The second-order valence-corrected chi connectivity index (χ2v) is 13.2. The summed E-state index contributed by atoms with van der Waals surface area (Å²) in [5.74, 6) is 0.991. The largest absolute Gasteiger partial charge is 0.489 e. The third kappa shape index (κ3) is 6.38. The molecule has 13 heteroatoms. The molecule has 0 aliphatic carbocycles. The number of carbonyl (C=O) groups is 1. The van der Waals surface area contributed by atoms with Gasteiger partial charge in [-0.1, -0.05) is 23.7 Å². The molecule has 0 amide bonds. The first kappa shape index (κ1) is 31.4. The molecule has 1 saturated heterocycles. The summed E-state index contributed by atoms with van der Waals surface area (Å²) in [7, 11) is 1.60. The van der Waals surface area contributed by atoms with Crippen molar-refractivity contribution in [1.29, 1.82) is 0 Å². The Balaban J connectivity index is 1.12. The number of carboxylic acids is 1. The van der Waals surface area contributed by atoms with Crippen LogP contribution in [0, 0.1) is 0 Å². The van der Waals surface area contributed by atoms with E-state index in [1.54, 1.807) is 42.3 Å². The van der Waals surface area contributed by atoms with E-state index in [1.165, 1.54) is 6.07 Å². The number of rotatable bonds is 11. The number of thiazole rings is 1. The average Bonchev–Trinajstić information content (AvgIpc) is 3.80. The lowest BCUT2D eigenvalue weighted by Crippen LogP contribution is -2.34. The van der Waals surface area contributed by atoms with Gasteiger partial charge in [-0.3, -0.25) is 14.9 Å². The summed E-state index contributed by atoms with van der Waals surface area (Å²) in [6.45, 7) is 5.38. The van der Waals surface area contributed by atoms with Crippen LogP contribution in [0.2, 0.25) is 5.02 Å². The molecule has 244 valence electrons. The smallest absolute Gasteiger partial charge is 0.335 e. The highest BCUT2D eigenvalue weighted by Crippen LogP contribution is 2.49. The van der Waals surface area contributed by atoms with E-state index in [2.05, 4.69) is 25.5 Å². The summed E-state index contributed by atoms with van der Waals surface area (Å²) < 4.78 is 26.0. The monoisotopic (exact) mass is 675 g/mol. The number of hydrogen-bond acceptors (Lipinski definition) is 10. The number of aromatic nitrogens is 4. The quantitative estimate of drug-likeness (QED) is 0.159. The molecule has 0 spiro atoms. The van der Waals surface area contributed by atoms with E-state index in [1.807, 2.05) is 31.3 Å². The van der Waals surface area contributed by atoms with Gasteiger partial charge in [-0.2, -0.15) is 0 Å². The van der Waals surface area contributed by atoms with Gasteiger partial charge in [0.05, 0.1) is 41.3 Å². The van der Waals surface area contributed by atoms with Crippen LogP contribution in [-0.2, 0) is 23.6 Å². The second-order valence-electron chi connectivity index (χ2n) is 11.8. The van der Waals surface area contributed by atoms with Gasteiger partial charge in [0.15, 0.2) is 11.5 Å². The molecule has 1 N–H and O–H groups in total. The van der Waals surface area contributed by atoms with Gasteiger partial charge >= 0.3 is 5.97 Å². The molecular weight excluding hydrogens is 642 g/mol. The van der Waals surface area contributed by atoms with Crippen LogP contribution in [0.4, 0.5) is 0 Å². The highest BCUT2D eigenvalue weighted by atomic mass is 35.5. The highest BCUT2D eigenvalue weighted by molar-refractivity contribution is 7.09. The lowest BCUT2D eigenvalue weighted by atomic mass is 9.88. The first-order valence-corrected chi connectivity index (χ1v) is 16.7. The van der Waals surface area contributed by atoms with E-state index in [4.69, 9.17) is 35.5 Å². The van der Waals surface area contributed by atoms with Crippen LogP contribution >= 0.6 is 22.9 Å². The van der Waals surface area contributed by atoms with Crippen LogP contribution in [0.25, 0.3) is 11.0 Å². The van der Waals surface area contributed by atoms with Gasteiger partial charge in [0.2, 0.25) is 0 Å². The van der Waals surface area contributed by atoms with Crippen LogP contribution in [0.1, 0.15) is 58.0 Å². The van der Waals surface area contributed by atoms with Crippen molar-refractivity contribution in [2.45, 2.75) is 44.6 Å². The van der Waals surface area contributed by atoms with Gasteiger partial charge in [0, 0.05) is 36.9 Å². The van der Waals surface area contributed by atoms with E-state index >= 15 is 0 Å². The first-order valence-electron chi connectivity index (χ1n) is 15.4. The minimum atomic E-state index is -1.03. The molecule has 47 heavy (non-hydrogen) atoms. The maximum atomic E-state index is 12.1. The summed E-state index contributed by atoms with van der Waals surface area (Å²) in [5, 5.41) is 10.4. The number of imidazole rings is 1. The van der Waals surface area contributed by atoms with Gasteiger partial charge in [0.25, 0.3) is 5.79 Å². The Morgan fingerprint density at radius 1 is 1.13 bits per heavy atom. The van der Waals surface area contributed by atoms with E-state index < -0.39 is 11.8 Å². The summed E-state index contributed by atoms with van der Waals surface area (Å²) in [6, 6.07) is 12.9. The number of aromatic carboxylic acids is 1. The lowest BCUT2D eigenvalue weighted by Gasteiger charge is -2.32. The zero-order chi connectivity index (χ0) is 32.5. The number of benzene rings is 2. The van der Waals surface area contributed by atoms with Crippen molar-refractivity contribution in [3.63, 3.8) is 0 Å². The van der Waals surface area contributed by atoms with Gasteiger partial charge in [-0.15, -0.1) is 11.3 Å². The van der Waals surface area contributed by atoms with E-state index in [9.17, 15) is 9.90 Å². The van der Waals surface area contributed by atoms with Crippen molar-refractivity contribution < 1.29 is 28.8 Å². The van der Waals surface area contributed by atoms with Crippen molar-refractivity contribution in [1.82, 2.24) is 24.4 Å². The van der Waals surface area contributed by atoms with Crippen LogP contribution in [-0.4, -0.2) is 68.9 Å². The maximum Gasteiger partial charge on any atom is 0.335 e. The fourth-order valence-electron chi connectivity index (χ4n) is 6.30. The number of piperidine rings is 1. The van der Waals surface area contributed by atoms with Crippen LogP contribution in [0.3, 0.4) is 0 Å². The molecule has 0 radical (unpaired) electrons. The number of likely N-dealkylation sites (tertiary alicyclic amines) is 1. The molecule has 1 atom stereocenters. The second kappa shape index (κ2) is 13.1. The Kier molecular flexibility index (Phi) is 8.75. The summed E-state index contributed by atoms with van der Waals surface area (Å²) >= 11 is 7.62. The number of nitrogens with zero attached hydrogens (tertiary/aromatic N) is 5. The predicted molar refractivity (Wildman–Crippen MR) is 177 cm³/mol. The van der Waals surface area contributed by atoms with Crippen LogP contribution < -0.4 is 14.2 Å². The Morgan fingerprint density at radius 2 is 1.98 bits per heavy atom. The normalized spacial score (nSPS) is 18.2. The average molecular weight is 676 g/mol. The van der Waals surface area contributed by atoms with Gasteiger partial charge in [-0.05, 0) is 62.2 Å². The Hall–Kier alpha value is -4.23. The fraction of sp³-hybridized carbons (Fsp3) is 0.353. The number of pyridine rings is 1. The number of para-hydroxylation sites is 1. The molecule has 1 fully saturated rings. The van der Waals surface area contributed by atoms with Crippen molar-refractivity contribution in [2.24, 2.45) is 0 Å². The number of methoxy groups -OCH3 is 1. The Morgan fingerprint density at radius 3 is 2.70 bits per heavy atom. The third-order valence-electron chi connectivity index (χ3n) is 8.68. The van der Waals surface area contributed by atoms with Gasteiger partial charge < -0.3 is 28.6 Å². The Labute approximate surface area is 280 Å². The molecule has 2 aliphatic heterocycles. The number of fused-ring (bicyclic) bond motifs is 2. The minimum absolute atomic E-state index is 0.146. The van der Waals surface area contributed by atoms with Crippen LogP contribution in [0.5, 0.6) is 17.2 Å². The standard InChI is InChI=1S/C34H34ClN5O6S/c1-34(29-7-6-23(35)16-37-29)45-27-5-3-4-25(32(27)46-34)21-8-10-39(11-9-21)19-30-38-31-26(40(30)18-24-17-36-20-47-24)14-22(33(41)42)15-28(31)44-13-12-43-2/h3-7,14-17,20-21H,8-13,18-19H2,1-2H3,(H,41,42)/t34-/m0/s1. The number of carboxylic acid groups (broad SMARTS) is 1. The van der Waals surface area contributed by atoms with Crippen molar-refractivity contribution in [3.05, 3.63) is 92.9 Å². The molecule has 0 saturated carbocycles. The zero-order valence-electron chi connectivity index (χ0n) is 26.0. The third-order valence-corrected chi connectivity index (χ3v) is 9.67. The molecule has 7 rings (SSSR count). The first-order chi connectivity index (χ1) is 22.8. The molecule has 2 aliphatic rings. The Bertz CT molecular complexity index is 1890. The van der Waals surface area contributed by atoms with Gasteiger partial charge in [-0.25, -0.2) is 9.78 Å². The fourth-order valence-corrected chi connectivity index (χ4v) is 7.00. The highest BCUT2D eigenvalue weighted by Gasteiger charge is 2.42. The zero-order valence-corrected chi connectivity index (χ0v) is 27.6. The SMILES string of the molecule is COCCOc1cc(C(=O)O)cc2c1nc(CN1CCC(c3cccc4c3O[C@@](C)(c3ccc(Cl)cn3)O4)CC1)n2Cc1cncs1. The van der Waals surface area contributed by atoms with Gasteiger partial charge in [0.1, 0.15) is 29.4 Å². The van der Waals surface area contributed by atoms with E-state index in [0.717, 1.165) is 47.9 Å². The van der Waals surface area contributed by atoms with E-state index in [-0.39, 0.29) is 12.2 Å². The molecule has 3 aromatic heterocycles. The summed E-state index contributed by atoms with van der Waals surface area (Å²) in [6.07, 6.45) is 5.29. The van der Waals surface area contributed by atoms with Crippen molar-refractivity contribution in [3.8, 4) is 17.2 Å². The molecule has 0 bridgehead atoms. The van der Waals surface area contributed by atoms with Crippen LogP contribution in [0.15, 0.2) is 60.4 Å².